The number of hydrogen-bond acceptors (Lipinski definition) is 3. The van der Waals surface area contributed by atoms with Gasteiger partial charge in [-0.05, 0) is 43.3 Å². The standard InChI is InChI=1S/C12H18N2OS.ClH/c1-14(9-10-4-2-6-13-8-10)12(15)11-5-3-7-16-11;/h3,5,7,10,13H,2,4,6,8-9H2,1H3;1H. The molecule has 0 aromatic carbocycles. The van der Waals surface area contributed by atoms with Crippen molar-refractivity contribution in [2.75, 3.05) is 26.7 Å². The minimum atomic E-state index is 0. The number of carbonyl (C=O) groups excluding carboxylic acids is 1. The smallest absolute Gasteiger partial charge is 0.263 e. The fraction of sp³-hybridized carbons (Fsp3) is 0.583. The third kappa shape index (κ3) is 3.98. The number of amides is 1. The fourth-order valence-electron chi connectivity index (χ4n) is 2.14. The molecule has 1 unspecified atom stereocenters. The highest BCUT2D eigenvalue weighted by molar-refractivity contribution is 7.12. The van der Waals surface area contributed by atoms with Crippen LogP contribution in [0.25, 0.3) is 0 Å². The van der Waals surface area contributed by atoms with Crippen molar-refractivity contribution in [2.24, 2.45) is 5.92 Å². The molecule has 0 saturated carbocycles. The summed E-state index contributed by atoms with van der Waals surface area (Å²) in [7, 11) is 1.90. The van der Waals surface area contributed by atoms with Crippen molar-refractivity contribution >= 4 is 29.7 Å². The molecular weight excluding hydrogens is 256 g/mol. The van der Waals surface area contributed by atoms with Crippen LogP contribution in [0.15, 0.2) is 17.5 Å². The molecule has 1 N–H and O–H groups in total. The zero-order valence-corrected chi connectivity index (χ0v) is 11.6. The predicted molar refractivity (Wildman–Crippen MR) is 74.1 cm³/mol. The van der Waals surface area contributed by atoms with Gasteiger partial charge in [0.05, 0.1) is 4.88 Å². The summed E-state index contributed by atoms with van der Waals surface area (Å²) in [5.74, 6) is 0.767. The van der Waals surface area contributed by atoms with Crippen LogP contribution in [0, 0.1) is 5.92 Å². The number of nitrogens with one attached hydrogen (secondary N) is 1. The minimum absolute atomic E-state index is 0. The van der Waals surface area contributed by atoms with E-state index < -0.39 is 0 Å². The minimum Gasteiger partial charge on any atom is -0.341 e. The first-order chi connectivity index (χ1) is 7.77. The molecule has 0 radical (unpaired) electrons. The first-order valence-corrected chi connectivity index (χ1v) is 6.65. The molecule has 0 spiro atoms. The van der Waals surface area contributed by atoms with Crippen LogP contribution >= 0.6 is 23.7 Å². The van der Waals surface area contributed by atoms with E-state index in [1.807, 2.05) is 29.5 Å². The molecule has 1 aromatic rings. The second-order valence-electron chi connectivity index (χ2n) is 4.38. The molecular formula is C12H19ClN2OS. The molecule has 2 heterocycles. The van der Waals surface area contributed by atoms with Crippen LogP contribution in [0.5, 0.6) is 0 Å². The Kier molecular flexibility index (Phi) is 5.95. The Hall–Kier alpha value is -0.580. The van der Waals surface area contributed by atoms with Gasteiger partial charge in [-0.25, -0.2) is 0 Å². The highest BCUT2D eigenvalue weighted by atomic mass is 35.5. The Morgan fingerprint density at radius 1 is 1.65 bits per heavy atom. The largest absolute Gasteiger partial charge is 0.341 e. The molecule has 5 heteroatoms. The second-order valence-corrected chi connectivity index (χ2v) is 5.32. The van der Waals surface area contributed by atoms with E-state index in [1.165, 1.54) is 24.2 Å². The van der Waals surface area contributed by atoms with Gasteiger partial charge in [0.25, 0.3) is 5.91 Å². The molecule has 1 saturated heterocycles. The summed E-state index contributed by atoms with van der Waals surface area (Å²) >= 11 is 1.51. The molecule has 1 fully saturated rings. The third-order valence-electron chi connectivity index (χ3n) is 3.01. The van der Waals surface area contributed by atoms with Crippen molar-refractivity contribution in [3.63, 3.8) is 0 Å². The molecule has 96 valence electrons. The number of carbonyl (C=O) groups is 1. The first-order valence-electron chi connectivity index (χ1n) is 5.77. The lowest BCUT2D eigenvalue weighted by molar-refractivity contribution is 0.0769. The molecule has 1 atom stereocenters. The summed E-state index contributed by atoms with van der Waals surface area (Å²) in [6.07, 6.45) is 2.46. The van der Waals surface area contributed by atoms with E-state index in [0.29, 0.717) is 5.92 Å². The van der Waals surface area contributed by atoms with E-state index in [9.17, 15) is 4.79 Å². The maximum atomic E-state index is 12.0. The molecule has 3 nitrogen and oxygen atoms in total. The van der Waals surface area contributed by atoms with Crippen molar-refractivity contribution in [2.45, 2.75) is 12.8 Å². The van der Waals surface area contributed by atoms with Crippen LogP contribution in [0.2, 0.25) is 0 Å². The quantitative estimate of drug-likeness (QED) is 0.917. The van der Waals surface area contributed by atoms with E-state index in [4.69, 9.17) is 0 Å². The maximum Gasteiger partial charge on any atom is 0.263 e. The summed E-state index contributed by atoms with van der Waals surface area (Å²) in [6, 6.07) is 3.82. The van der Waals surface area contributed by atoms with Gasteiger partial charge in [-0.2, -0.15) is 0 Å². The zero-order valence-electron chi connectivity index (χ0n) is 10.0. The molecule has 1 amide bonds. The van der Waals surface area contributed by atoms with Crippen LogP contribution in [-0.2, 0) is 0 Å². The van der Waals surface area contributed by atoms with Crippen LogP contribution in [0.1, 0.15) is 22.5 Å². The van der Waals surface area contributed by atoms with Gasteiger partial charge in [0.2, 0.25) is 0 Å². The summed E-state index contributed by atoms with van der Waals surface area (Å²) in [5.41, 5.74) is 0. The fourth-order valence-corrected chi connectivity index (χ4v) is 2.86. The number of rotatable bonds is 3. The van der Waals surface area contributed by atoms with E-state index in [2.05, 4.69) is 5.32 Å². The van der Waals surface area contributed by atoms with E-state index >= 15 is 0 Å². The molecule has 1 aliphatic heterocycles. The van der Waals surface area contributed by atoms with Crippen molar-refractivity contribution < 1.29 is 4.79 Å². The van der Waals surface area contributed by atoms with Gasteiger partial charge >= 0.3 is 0 Å². The maximum absolute atomic E-state index is 12.0. The molecule has 0 bridgehead atoms. The average molecular weight is 275 g/mol. The predicted octanol–water partition coefficient (Wildman–Crippen LogP) is 2.24. The van der Waals surface area contributed by atoms with Gasteiger partial charge in [0, 0.05) is 13.6 Å². The summed E-state index contributed by atoms with van der Waals surface area (Å²) in [4.78, 5) is 14.7. The van der Waals surface area contributed by atoms with Crippen LogP contribution in [0.3, 0.4) is 0 Å². The van der Waals surface area contributed by atoms with Gasteiger partial charge in [0.1, 0.15) is 0 Å². The molecule has 0 aliphatic carbocycles. The molecule has 2 rings (SSSR count). The molecule has 1 aromatic heterocycles. The van der Waals surface area contributed by atoms with E-state index in [1.54, 1.807) is 0 Å². The van der Waals surface area contributed by atoms with Crippen molar-refractivity contribution in [3.8, 4) is 0 Å². The van der Waals surface area contributed by atoms with Crippen molar-refractivity contribution in [3.05, 3.63) is 22.4 Å². The first kappa shape index (κ1) is 14.5. The van der Waals surface area contributed by atoms with Gasteiger partial charge < -0.3 is 10.2 Å². The molecule has 17 heavy (non-hydrogen) atoms. The topological polar surface area (TPSA) is 32.3 Å². The van der Waals surface area contributed by atoms with Crippen molar-refractivity contribution in [1.82, 2.24) is 10.2 Å². The SMILES string of the molecule is CN(CC1CCCNC1)C(=O)c1cccs1.Cl. The van der Waals surface area contributed by atoms with E-state index in [-0.39, 0.29) is 18.3 Å². The van der Waals surface area contributed by atoms with Gasteiger partial charge in [0.15, 0.2) is 0 Å². The third-order valence-corrected chi connectivity index (χ3v) is 3.87. The number of thiophene rings is 1. The van der Waals surface area contributed by atoms with Gasteiger partial charge in [-0.1, -0.05) is 6.07 Å². The average Bonchev–Trinajstić information content (AvgIpc) is 2.83. The molecule has 1 aliphatic rings. The Bertz CT molecular complexity index is 336. The van der Waals surface area contributed by atoms with Crippen LogP contribution < -0.4 is 5.32 Å². The lowest BCUT2D eigenvalue weighted by Gasteiger charge is -2.27. The second kappa shape index (κ2) is 6.99. The number of piperidine rings is 1. The Labute approximate surface area is 113 Å². The highest BCUT2D eigenvalue weighted by Crippen LogP contribution is 2.15. The van der Waals surface area contributed by atoms with Crippen molar-refractivity contribution in [1.29, 1.82) is 0 Å². The normalized spacial score (nSPS) is 19.5. The Morgan fingerprint density at radius 2 is 2.47 bits per heavy atom. The summed E-state index contributed by atoms with van der Waals surface area (Å²) < 4.78 is 0. The number of nitrogens with zero attached hydrogens (tertiary/aromatic N) is 1. The van der Waals surface area contributed by atoms with E-state index in [0.717, 1.165) is 24.5 Å². The van der Waals surface area contributed by atoms with Crippen LogP contribution in [-0.4, -0.2) is 37.5 Å². The van der Waals surface area contributed by atoms with Gasteiger partial charge in [-0.3, -0.25) is 4.79 Å². The summed E-state index contributed by atoms with van der Waals surface area (Å²) in [5, 5.41) is 5.33. The Balaban J connectivity index is 0.00000144. The van der Waals surface area contributed by atoms with Gasteiger partial charge in [-0.15, -0.1) is 23.7 Å². The lowest BCUT2D eigenvalue weighted by atomic mass is 9.99. The zero-order chi connectivity index (χ0) is 11.4. The van der Waals surface area contributed by atoms with Crippen LogP contribution in [0.4, 0.5) is 0 Å². The monoisotopic (exact) mass is 274 g/mol. The Morgan fingerprint density at radius 3 is 3.06 bits per heavy atom. The number of hydrogen-bond donors (Lipinski definition) is 1. The lowest BCUT2D eigenvalue weighted by Crippen LogP contribution is -2.38. The summed E-state index contributed by atoms with van der Waals surface area (Å²) in [6.45, 7) is 3.03. The highest BCUT2D eigenvalue weighted by Gasteiger charge is 2.19. The number of halogens is 1.